The Balaban J connectivity index is 1.52. The first kappa shape index (κ1) is 19.9. The van der Waals surface area contributed by atoms with Crippen LogP contribution in [0, 0.1) is 22.7 Å². The normalized spacial score (nSPS) is 23.1. The van der Waals surface area contributed by atoms with Gasteiger partial charge in [0.05, 0.1) is 24.3 Å². The number of ether oxygens (including phenoxy) is 1. The molecular formula is C24H31N3O2. The number of benzene rings is 1. The first-order chi connectivity index (χ1) is 13.8. The van der Waals surface area contributed by atoms with E-state index in [0.29, 0.717) is 23.5 Å². The second kappa shape index (κ2) is 7.16. The molecule has 0 atom stereocenters. The van der Waals surface area contributed by atoms with Crippen molar-refractivity contribution in [2.45, 2.75) is 77.7 Å². The molecule has 3 aliphatic rings. The Bertz CT molecular complexity index is 979. The van der Waals surface area contributed by atoms with Gasteiger partial charge in [-0.25, -0.2) is 4.98 Å². The van der Waals surface area contributed by atoms with Gasteiger partial charge in [0.15, 0.2) is 0 Å². The molecule has 3 aliphatic carbocycles. The molecule has 5 heteroatoms. The highest BCUT2D eigenvalue weighted by Crippen LogP contribution is 2.59. The number of hydrogen-bond acceptors (Lipinski definition) is 4. The van der Waals surface area contributed by atoms with Gasteiger partial charge in [0, 0.05) is 29.9 Å². The van der Waals surface area contributed by atoms with Crippen LogP contribution in [0.15, 0.2) is 12.1 Å². The number of nitrogens with zero attached hydrogens (tertiary/aromatic N) is 3. The van der Waals surface area contributed by atoms with Crippen molar-refractivity contribution in [2.24, 2.45) is 11.3 Å². The Kier molecular flexibility index (Phi) is 4.93. The quantitative estimate of drug-likeness (QED) is 0.611. The molecule has 2 bridgehead atoms. The molecule has 3 saturated carbocycles. The number of Topliss-reactive ketones (excluding diaryl/α,β-unsaturated/α-hetero) is 1. The maximum absolute atomic E-state index is 12.7. The molecule has 0 aliphatic heterocycles. The number of imidazole rings is 1. The molecule has 3 fully saturated rings. The minimum atomic E-state index is -0.164. The van der Waals surface area contributed by atoms with Gasteiger partial charge >= 0.3 is 0 Å². The van der Waals surface area contributed by atoms with Crippen molar-refractivity contribution in [2.75, 3.05) is 7.11 Å². The molecule has 5 nitrogen and oxygen atoms in total. The molecule has 0 unspecified atom stereocenters. The molecule has 5 rings (SSSR count). The van der Waals surface area contributed by atoms with E-state index in [2.05, 4.69) is 31.4 Å². The van der Waals surface area contributed by atoms with E-state index in [0.717, 1.165) is 61.3 Å². The molecule has 1 aromatic carbocycles. The van der Waals surface area contributed by atoms with Crippen LogP contribution in [0.3, 0.4) is 0 Å². The van der Waals surface area contributed by atoms with Crippen LogP contribution in [-0.2, 0) is 16.8 Å². The molecule has 154 valence electrons. The molecule has 1 heterocycles. The zero-order valence-electron chi connectivity index (χ0n) is 18.0. The number of nitriles is 1. The third-order valence-electron chi connectivity index (χ3n) is 6.85. The highest BCUT2D eigenvalue weighted by atomic mass is 16.5. The number of aryl methyl sites for hydroxylation is 1. The van der Waals surface area contributed by atoms with Crippen LogP contribution in [0.5, 0.6) is 5.75 Å². The topological polar surface area (TPSA) is 67.9 Å². The van der Waals surface area contributed by atoms with Gasteiger partial charge in [-0.3, -0.25) is 4.79 Å². The van der Waals surface area contributed by atoms with Gasteiger partial charge in [0.1, 0.15) is 22.9 Å². The largest absolute Gasteiger partial charge is 0.494 e. The lowest BCUT2D eigenvalue weighted by molar-refractivity contribution is -0.132. The number of aromatic nitrogens is 2. The van der Waals surface area contributed by atoms with Crippen molar-refractivity contribution in [1.29, 1.82) is 5.26 Å². The first-order valence-corrected chi connectivity index (χ1v) is 10.8. The third kappa shape index (κ3) is 3.43. The maximum atomic E-state index is 12.7. The predicted molar refractivity (Wildman–Crippen MR) is 113 cm³/mol. The van der Waals surface area contributed by atoms with Gasteiger partial charge in [0.25, 0.3) is 0 Å². The molecule has 0 N–H and O–H groups in total. The number of hydrogen-bond donors (Lipinski definition) is 0. The number of carbonyl (C=O) groups excluding carboxylic acids is 1. The summed E-state index contributed by atoms with van der Waals surface area (Å²) in [5, 5.41) is 9.39. The average molecular weight is 394 g/mol. The number of ketones is 1. The standard InChI is InChI=1S/C24H31N3O2/c1-23(2,3)27-18-11-17(15-25)12-19(29-4)22(18)26-21(27)8-6-5-7-20(28)24-10-9-16(13-24)14-24/h11-12,16H,5-10,13-14H2,1-4H3. The van der Waals surface area contributed by atoms with Gasteiger partial charge in [-0.1, -0.05) is 0 Å². The molecule has 29 heavy (non-hydrogen) atoms. The van der Waals surface area contributed by atoms with Gasteiger partial charge in [-0.15, -0.1) is 0 Å². The summed E-state index contributed by atoms with van der Waals surface area (Å²) in [6, 6.07) is 5.87. The zero-order valence-corrected chi connectivity index (χ0v) is 18.0. The van der Waals surface area contributed by atoms with Crippen LogP contribution in [-0.4, -0.2) is 22.4 Å². The lowest BCUT2D eigenvalue weighted by Crippen LogP contribution is -2.36. The summed E-state index contributed by atoms with van der Waals surface area (Å²) in [6.07, 6.45) is 8.05. The van der Waals surface area contributed by atoms with Gasteiger partial charge in [0.2, 0.25) is 0 Å². The lowest BCUT2D eigenvalue weighted by atomic mass is 9.66. The molecular weight excluding hydrogens is 362 g/mol. The van der Waals surface area contributed by atoms with Crippen molar-refractivity contribution in [1.82, 2.24) is 9.55 Å². The van der Waals surface area contributed by atoms with E-state index < -0.39 is 0 Å². The highest BCUT2D eigenvalue weighted by Gasteiger charge is 2.54. The number of fused-ring (bicyclic) bond motifs is 2. The Morgan fingerprint density at radius 1 is 1.34 bits per heavy atom. The fraction of sp³-hybridized carbons (Fsp3) is 0.625. The minimum Gasteiger partial charge on any atom is -0.494 e. The first-order valence-electron chi connectivity index (χ1n) is 10.8. The summed E-state index contributed by atoms with van der Waals surface area (Å²) in [5.41, 5.74) is 2.21. The van der Waals surface area contributed by atoms with E-state index in [1.807, 2.05) is 6.07 Å². The van der Waals surface area contributed by atoms with E-state index in [-0.39, 0.29) is 11.0 Å². The van der Waals surface area contributed by atoms with Crippen molar-refractivity contribution in [3.8, 4) is 11.8 Å². The maximum Gasteiger partial charge on any atom is 0.148 e. The van der Waals surface area contributed by atoms with Gasteiger partial charge in [-0.05, 0) is 71.3 Å². The van der Waals surface area contributed by atoms with Crippen LogP contribution in [0.1, 0.15) is 77.1 Å². The Morgan fingerprint density at radius 3 is 2.69 bits per heavy atom. The van der Waals surface area contributed by atoms with Crippen LogP contribution in [0.4, 0.5) is 0 Å². The summed E-state index contributed by atoms with van der Waals surface area (Å²) < 4.78 is 7.73. The highest BCUT2D eigenvalue weighted by molar-refractivity contribution is 5.86. The molecule has 0 saturated heterocycles. The van der Waals surface area contributed by atoms with Crippen LogP contribution >= 0.6 is 0 Å². The van der Waals surface area contributed by atoms with Crippen LogP contribution in [0.25, 0.3) is 11.0 Å². The molecule has 2 aromatic rings. The molecule has 0 amide bonds. The Labute approximate surface area is 173 Å². The minimum absolute atomic E-state index is 0.0598. The number of methoxy groups -OCH3 is 1. The fourth-order valence-electron chi connectivity index (χ4n) is 5.47. The second-order valence-corrected chi connectivity index (χ2v) is 9.92. The van der Waals surface area contributed by atoms with Crippen molar-refractivity contribution in [3.63, 3.8) is 0 Å². The van der Waals surface area contributed by atoms with E-state index in [1.54, 1.807) is 13.2 Å². The molecule has 0 radical (unpaired) electrons. The average Bonchev–Trinajstić information content (AvgIpc) is 3.35. The summed E-state index contributed by atoms with van der Waals surface area (Å²) in [7, 11) is 1.62. The van der Waals surface area contributed by atoms with Crippen LogP contribution in [0.2, 0.25) is 0 Å². The van der Waals surface area contributed by atoms with Crippen molar-refractivity contribution < 1.29 is 9.53 Å². The Morgan fingerprint density at radius 2 is 2.10 bits per heavy atom. The predicted octanol–water partition coefficient (Wildman–Crippen LogP) is 5.14. The van der Waals surface area contributed by atoms with Gasteiger partial charge in [-0.2, -0.15) is 5.26 Å². The summed E-state index contributed by atoms with van der Waals surface area (Å²) in [4.78, 5) is 17.6. The monoisotopic (exact) mass is 393 g/mol. The fourth-order valence-corrected chi connectivity index (χ4v) is 5.47. The number of unbranched alkanes of at least 4 members (excludes halogenated alkanes) is 1. The SMILES string of the molecule is COc1cc(C#N)cc2c1nc(CCCCC(=O)C13CCC(C1)C3)n2C(C)(C)C. The summed E-state index contributed by atoms with van der Waals surface area (Å²) >= 11 is 0. The number of carbonyl (C=O) groups is 1. The Hall–Kier alpha value is -2.35. The second-order valence-electron chi connectivity index (χ2n) is 9.92. The smallest absolute Gasteiger partial charge is 0.148 e. The zero-order chi connectivity index (χ0) is 20.8. The summed E-state index contributed by atoms with van der Waals surface area (Å²) in [5.74, 6) is 2.96. The van der Waals surface area contributed by atoms with Crippen LogP contribution < -0.4 is 4.74 Å². The van der Waals surface area contributed by atoms with Gasteiger partial charge < -0.3 is 9.30 Å². The van der Waals surface area contributed by atoms with E-state index >= 15 is 0 Å². The lowest BCUT2D eigenvalue weighted by Gasteiger charge is -2.37. The van der Waals surface area contributed by atoms with E-state index in [1.165, 1.54) is 6.42 Å². The van der Waals surface area contributed by atoms with E-state index in [4.69, 9.17) is 9.72 Å². The van der Waals surface area contributed by atoms with Crippen molar-refractivity contribution >= 4 is 16.8 Å². The third-order valence-corrected chi connectivity index (χ3v) is 6.85. The number of rotatable bonds is 7. The molecule has 1 aromatic heterocycles. The van der Waals surface area contributed by atoms with Crippen molar-refractivity contribution in [3.05, 3.63) is 23.5 Å². The summed E-state index contributed by atoms with van der Waals surface area (Å²) in [6.45, 7) is 6.46. The molecule has 0 spiro atoms. The van der Waals surface area contributed by atoms with E-state index in [9.17, 15) is 10.1 Å².